The van der Waals surface area contributed by atoms with Crippen molar-refractivity contribution in [3.63, 3.8) is 0 Å². The Labute approximate surface area is 133 Å². The van der Waals surface area contributed by atoms with Gasteiger partial charge in [-0.1, -0.05) is 50.6 Å². The Balaban J connectivity index is 1.99. The van der Waals surface area contributed by atoms with Gasteiger partial charge in [0.25, 0.3) is 0 Å². The molecule has 3 rings (SSSR count). The van der Waals surface area contributed by atoms with Crippen LogP contribution in [0.25, 0.3) is 0 Å². The maximum atomic E-state index is 12.9. The van der Waals surface area contributed by atoms with Crippen molar-refractivity contribution in [3.05, 3.63) is 35.9 Å². The third kappa shape index (κ3) is 2.18. The molecule has 1 aromatic carbocycles. The lowest BCUT2D eigenvalue weighted by Gasteiger charge is -2.48. The van der Waals surface area contributed by atoms with Crippen LogP contribution >= 0.6 is 0 Å². The highest BCUT2D eigenvalue weighted by atomic mass is 16.5. The minimum atomic E-state index is -0.428. The van der Waals surface area contributed by atoms with Crippen LogP contribution in [-0.4, -0.2) is 29.6 Å². The molecule has 0 amide bonds. The van der Waals surface area contributed by atoms with Gasteiger partial charge in [0, 0.05) is 12.6 Å². The van der Waals surface area contributed by atoms with Gasteiger partial charge in [-0.3, -0.25) is 9.69 Å². The van der Waals surface area contributed by atoms with Crippen LogP contribution in [0, 0.1) is 11.8 Å². The lowest BCUT2D eigenvalue weighted by molar-refractivity contribution is -0.165. The van der Waals surface area contributed by atoms with Crippen molar-refractivity contribution in [1.29, 1.82) is 0 Å². The SMILES string of the molecule is CCC(C)[C@@]1(C(=O)OC)[C@@H]2CC[C@@H](C2)N1Cc1ccccc1. The van der Waals surface area contributed by atoms with Gasteiger partial charge in [-0.2, -0.15) is 0 Å². The molecular weight excluding hydrogens is 274 g/mol. The van der Waals surface area contributed by atoms with Crippen molar-refractivity contribution < 1.29 is 9.53 Å². The van der Waals surface area contributed by atoms with E-state index in [0.29, 0.717) is 17.9 Å². The Morgan fingerprint density at radius 1 is 1.36 bits per heavy atom. The number of hydrogen-bond donors (Lipinski definition) is 0. The molecule has 1 aliphatic carbocycles. The molecule has 0 aromatic heterocycles. The van der Waals surface area contributed by atoms with Crippen LogP contribution in [0.15, 0.2) is 30.3 Å². The summed E-state index contributed by atoms with van der Waals surface area (Å²) < 4.78 is 5.30. The van der Waals surface area contributed by atoms with E-state index in [1.54, 1.807) is 7.11 Å². The number of hydrogen-bond acceptors (Lipinski definition) is 3. The van der Waals surface area contributed by atoms with Crippen LogP contribution in [0.4, 0.5) is 0 Å². The van der Waals surface area contributed by atoms with E-state index in [-0.39, 0.29) is 5.97 Å². The maximum Gasteiger partial charge on any atom is 0.326 e. The number of fused-ring (bicyclic) bond motifs is 2. The van der Waals surface area contributed by atoms with Gasteiger partial charge in [0.1, 0.15) is 5.54 Å². The molecule has 1 unspecified atom stereocenters. The maximum absolute atomic E-state index is 12.9. The molecule has 3 heteroatoms. The topological polar surface area (TPSA) is 29.5 Å². The lowest BCUT2D eigenvalue weighted by Crippen LogP contribution is -2.62. The van der Waals surface area contributed by atoms with Crippen LogP contribution < -0.4 is 0 Å². The fourth-order valence-electron chi connectivity index (χ4n) is 4.86. The predicted molar refractivity (Wildman–Crippen MR) is 87.3 cm³/mol. The summed E-state index contributed by atoms with van der Waals surface area (Å²) >= 11 is 0. The first kappa shape index (κ1) is 15.5. The number of ether oxygens (including phenoxy) is 1. The average molecular weight is 301 g/mol. The van der Waals surface area contributed by atoms with E-state index < -0.39 is 5.54 Å². The molecule has 1 aromatic rings. The highest BCUT2D eigenvalue weighted by Gasteiger charge is 2.63. The molecule has 1 aliphatic heterocycles. The first-order valence-electron chi connectivity index (χ1n) is 8.53. The van der Waals surface area contributed by atoms with Gasteiger partial charge in [0.2, 0.25) is 0 Å². The molecule has 22 heavy (non-hydrogen) atoms. The summed E-state index contributed by atoms with van der Waals surface area (Å²) in [5, 5.41) is 0. The van der Waals surface area contributed by atoms with E-state index in [1.807, 2.05) is 6.07 Å². The molecule has 0 radical (unpaired) electrons. The number of nitrogens with zero attached hydrogens (tertiary/aromatic N) is 1. The zero-order chi connectivity index (χ0) is 15.7. The minimum Gasteiger partial charge on any atom is -0.468 e. The number of esters is 1. The Morgan fingerprint density at radius 3 is 2.73 bits per heavy atom. The Bertz CT molecular complexity index is 529. The molecule has 2 bridgehead atoms. The zero-order valence-corrected chi connectivity index (χ0v) is 13.9. The quantitative estimate of drug-likeness (QED) is 0.778. The van der Waals surface area contributed by atoms with Crippen molar-refractivity contribution in [2.24, 2.45) is 11.8 Å². The second kappa shape index (κ2) is 6.04. The zero-order valence-electron chi connectivity index (χ0n) is 13.9. The first-order chi connectivity index (χ1) is 10.6. The molecule has 2 aliphatic rings. The molecule has 120 valence electrons. The smallest absolute Gasteiger partial charge is 0.326 e. The van der Waals surface area contributed by atoms with Crippen LogP contribution in [0.2, 0.25) is 0 Å². The Hall–Kier alpha value is -1.35. The molecule has 4 atom stereocenters. The van der Waals surface area contributed by atoms with E-state index in [2.05, 4.69) is 43.0 Å². The van der Waals surface area contributed by atoms with Gasteiger partial charge >= 0.3 is 5.97 Å². The van der Waals surface area contributed by atoms with Crippen molar-refractivity contribution in [3.8, 4) is 0 Å². The van der Waals surface area contributed by atoms with Gasteiger partial charge in [0.05, 0.1) is 7.11 Å². The molecule has 1 saturated carbocycles. The van der Waals surface area contributed by atoms with E-state index in [4.69, 9.17) is 4.74 Å². The number of methoxy groups -OCH3 is 1. The van der Waals surface area contributed by atoms with Crippen LogP contribution in [0.3, 0.4) is 0 Å². The highest BCUT2D eigenvalue weighted by Crippen LogP contribution is 2.54. The highest BCUT2D eigenvalue weighted by molar-refractivity contribution is 5.82. The van der Waals surface area contributed by atoms with Crippen molar-refractivity contribution in [2.45, 2.75) is 57.7 Å². The Kier molecular flexibility index (Phi) is 4.26. The number of likely N-dealkylation sites (tertiary alicyclic amines) is 1. The average Bonchev–Trinajstić information content (AvgIpc) is 3.15. The third-order valence-corrected chi connectivity index (χ3v) is 6.02. The normalized spacial score (nSPS) is 32.1. The van der Waals surface area contributed by atoms with Gasteiger partial charge in [0.15, 0.2) is 0 Å². The molecule has 0 spiro atoms. The van der Waals surface area contributed by atoms with Gasteiger partial charge in [-0.05, 0) is 36.7 Å². The van der Waals surface area contributed by atoms with Gasteiger partial charge in [-0.15, -0.1) is 0 Å². The second-order valence-corrected chi connectivity index (χ2v) is 6.90. The van der Waals surface area contributed by atoms with Gasteiger partial charge in [-0.25, -0.2) is 0 Å². The third-order valence-electron chi connectivity index (χ3n) is 6.02. The summed E-state index contributed by atoms with van der Waals surface area (Å²) in [4.78, 5) is 15.3. The molecular formula is C19H27NO2. The largest absolute Gasteiger partial charge is 0.468 e. The standard InChI is InChI=1S/C19H27NO2/c1-4-14(2)19(18(21)22-3)16-10-11-17(12-16)20(19)13-15-8-6-5-7-9-15/h5-9,14,16-17H,4,10-13H2,1-3H3/t14?,16-,17+,19+/m1/s1. The van der Waals surface area contributed by atoms with Crippen LogP contribution in [0.5, 0.6) is 0 Å². The van der Waals surface area contributed by atoms with E-state index in [9.17, 15) is 4.79 Å². The van der Waals surface area contributed by atoms with E-state index in [0.717, 1.165) is 25.8 Å². The summed E-state index contributed by atoms with van der Waals surface area (Å²) in [6.07, 6.45) is 4.53. The van der Waals surface area contributed by atoms with Crippen molar-refractivity contribution in [1.82, 2.24) is 4.90 Å². The Morgan fingerprint density at radius 2 is 2.09 bits per heavy atom. The molecule has 3 nitrogen and oxygen atoms in total. The number of rotatable bonds is 5. The number of carbonyl (C=O) groups excluding carboxylic acids is 1. The summed E-state index contributed by atoms with van der Waals surface area (Å²) in [6, 6.07) is 11.0. The van der Waals surface area contributed by atoms with E-state index in [1.165, 1.54) is 12.0 Å². The van der Waals surface area contributed by atoms with Crippen LogP contribution in [0.1, 0.15) is 45.1 Å². The number of carbonyl (C=O) groups is 1. The summed E-state index contributed by atoms with van der Waals surface area (Å²) in [5.41, 5.74) is 0.856. The molecule has 2 fully saturated rings. The lowest BCUT2D eigenvalue weighted by atomic mass is 9.72. The summed E-state index contributed by atoms with van der Waals surface area (Å²) in [5.74, 6) is 0.743. The fourth-order valence-corrected chi connectivity index (χ4v) is 4.86. The summed E-state index contributed by atoms with van der Waals surface area (Å²) in [7, 11) is 1.54. The monoisotopic (exact) mass is 301 g/mol. The second-order valence-electron chi connectivity index (χ2n) is 6.90. The first-order valence-corrected chi connectivity index (χ1v) is 8.53. The van der Waals surface area contributed by atoms with Gasteiger partial charge < -0.3 is 4.74 Å². The number of benzene rings is 1. The minimum absolute atomic E-state index is 0.0232. The van der Waals surface area contributed by atoms with Crippen molar-refractivity contribution >= 4 is 5.97 Å². The molecule has 1 saturated heterocycles. The number of piperidine rings is 1. The van der Waals surface area contributed by atoms with Crippen molar-refractivity contribution in [2.75, 3.05) is 7.11 Å². The fraction of sp³-hybridized carbons (Fsp3) is 0.632. The van der Waals surface area contributed by atoms with Crippen LogP contribution in [-0.2, 0) is 16.1 Å². The molecule has 1 heterocycles. The summed E-state index contributed by atoms with van der Waals surface area (Å²) in [6.45, 7) is 5.25. The van der Waals surface area contributed by atoms with E-state index >= 15 is 0 Å². The predicted octanol–water partition coefficient (Wildman–Crippen LogP) is 3.63. The molecule has 0 N–H and O–H groups in total.